The molecule has 0 fully saturated rings. The van der Waals surface area contributed by atoms with Gasteiger partial charge in [0.25, 0.3) is 5.56 Å². The Labute approximate surface area is 148 Å². The van der Waals surface area contributed by atoms with E-state index in [1.165, 1.54) is 24.8 Å². The highest BCUT2D eigenvalue weighted by atomic mass is 32.2. The second-order valence-corrected chi connectivity index (χ2v) is 6.05. The number of nitrogens with zero attached hydrogens (tertiary/aromatic N) is 1. The molecule has 0 radical (unpaired) electrons. The molecule has 1 aliphatic heterocycles. The SMILES string of the molecule is CCOC(=O)C1=CC(C)(C(=O)OCC)Nc2c(nc(SC)[nH]c2=O)N1. The number of hydrogen-bond donors (Lipinski definition) is 3. The first-order valence-electron chi connectivity index (χ1n) is 7.65. The predicted molar refractivity (Wildman–Crippen MR) is 93.6 cm³/mol. The number of esters is 2. The van der Waals surface area contributed by atoms with Crippen molar-refractivity contribution >= 4 is 35.2 Å². The number of fused-ring (bicyclic) bond motifs is 1. The van der Waals surface area contributed by atoms with Gasteiger partial charge in [0.2, 0.25) is 0 Å². The van der Waals surface area contributed by atoms with Crippen molar-refractivity contribution in [3.05, 3.63) is 22.1 Å². The van der Waals surface area contributed by atoms with Crippen LogP contribution in [-0.4, -0.2) is 46.9 Å². The van der Waals surface area contributed by atoms with E-state index in [4.69, 9.17) is 9.47 Å². The van der Waals surface area contributed by atoms with Crippen LogP contribution in [0.2, 0.25) is 0 Å². The van der Waals surface area contributed by atoms with Gasteiger partial charge in [-0.25, -0.2) is 14.6 Å². The van der Waals surface area contributed by atoms with Crippen LogP contribution in [0.15, 0.2) is 21.7 Å². The van der Waals surface area contributed by atoms with E-state index in [2.05, 4.69) is 20.6 Å². The molecule has 1 aromatic heterocycles. The smallest absolute Gasteiger partial charge is 0.354 e. The number of rotatable bonds is 5. The van der Waals surface area contributed by atoms with Gasteiger partial charge in [-0.2, -0.15) is 0 Å². The number of H-pyrrole nitrogens is 1. The van der Waals surface area contributed by atoms with Crippen LogP contribution in [0.5, 0.6) is 0 Å². The fraction of sp³-hybridized carbons (Fsp3) is 0.467. The Kier molecular flexibility index (Phi) is 5.73. The topological polar surface area (TPSA) is 122 Å². The largest absolute Gasteiger partial charge is 0.464 e. The van der Waals surface area contributed by atoms with Crippen molar-refractivity contribution in [1.82, 2.24) is 9.97 Å². The minimum Gasteiger partial charge on any atom is -0.464 e. The first kappa shape index (κ1) is 18.8. The number of ether oxygens (including phenoxy) is 2. The van der Waals surface area contributed by atoms with E-state index in [9.17, 15) is 14.4 Å². The number of aromatic amines is 1. The van der Waals surface area contributed by atoms with E-state index in [0.29, 0.717) is 5.16 Å². The lowest BCUT2D eigenvalue weighted by molar-refractivity contribution is -0.146. The van der Waals surface area contributed by atoms with Gasteiger partial charge < -0.3 is 20.1 Å². The lowest BCUT2D eigenvalue weighted by Crippen LogP contribution is -2.44. The summed E-state index contributed by atoms with van der Waals surface area (Å²) in [6.07, 6.45) is 3.09. The molecule has 0 saturated carbocycles. The third-order valence-electron chi connectivity index (χ3n) is 3.36. The molecule has 0 amide bonds. The van der Waals surface area contributed by atoms with Crippen LogP contribution in [0.3, 0.4) is 0 Å². The van der Waals surface area contributed by atoms with E-state index in [-0.39, 0.29) is 30.4 Å². The standard InChI is InChI=1S/C15H20N4O5S/c1-5-23-12(21)8-7-15(3,13(22)24-6-2)19-9-10(16-8)17-14(25-4)18-11(9)20/h7,19H,5-6H2,1-4H3,(H2,16,17,18,20). The van der Waals surface area contributed by atoms with Gasteiger partial charge in [0.05, 0.1) is 13.2 Å². The summed E-state index contributed by atoms with van der Waals surface area (Å²) in [5.74, 6) is -1.18. The number of thioether (sulfide) groups is 1. The second-order valence-electron chi connectivity index (χ2n) is 5.25. The Morgan fingerprint density at radius 1 is 1.28 bits per heavy atom. The summed E-state index contributed by atoms with van der Waals surface area (Å²) in [6.45, 7) is 5.15. The fourth-order valence-corrected chi connectivity index (χ4v) is 2.59. The summed E-state index contributed by atoms with van der Waals surface area (Å²) in [5.41, 5.74) is -1.90. The first-order valence-corrected chi connectivity index (χ1v) is 8.87. The van der Waals surface area contributed by atoms with Crippen molar-refractivity contribution in [3.8, 4) is 0 Å². The van der Waals surface area contributed by atoms with Crippen molar-refractivity contribution in [1.29, 1.82) is 0 Å². The van der Waals surface area contributed by atoms with Crippen LogP contribution in [0.1, 0.15) is 20.8 Å². The van der Waals surface area contributed by atoms with Crippen LogP contribution in [-0.2, 0) is 19.1 Å². The van der Waals surface area contributed by atoms with Gasteiger partial charge in [-0.3, -0.25) is 9.78 Å². The maximum absolute atomic E-state index is 12.4. The predicted octanol–water partition coefficient (Wildman–Crippen LogP) is 1.10. The molecule has 2 rings (SSSR count). The van der Waals surface area contributed by atoms with E-state index < -0.39 is 23.0 Å². The first-order chi connectivity index (χ1) is 11.8. The third-order valence-corrected chi connectivity index (χ3v) is 3.94. The highest BCUT2D eigenvalue weighted by Gasteiger charge is 2.38. The van der Waals surface area contributed by atoms with Gasteiger partial charge in [0, 0.05) is 0 Å². The molecule has 0 aliphatic carbocycles. The van der Waals surface area contributed by atoms with Gasteiger partial charge in [-0.05, 0) is 33.1 Å². The zero-order chi connectivity index (χ0) is 18.6. The van der Waals surface area contributed by atoms with Crippen molar-refractivity contribution < 1.29 is 19.1 Å². The molecule has 1 aliphatic rings. The molecule has 0 bridgehead atoms. The summed E-state index contributed by atoms with van der Waals surface area (Å²) >= 11 is 1.24. The Balaban J connectivity index is 2.59. The molecular formula is C15H20N4O5S. The molecule has 136 valence electrons. The Bertz CT molecular complexity index is 776. The van der Waals surface area contributed by atoms with Crippen LogP contribution in [0.4, 0.5) is 11.5 Å². The van der Waals surface area contributed by atoms with Gasteiger partial charge >= 0.3 is 11.9 Å². The third kappa shape index (κ3) is 3.95. The fourth-order valence-electron chi connectivity index (χ4n) is 2.21. The van der Waals surface area contributed by atoms with Gasteiger partial charge in [-0.1, -0.05) is 11.8 Å². The molecule has 2 heterocycles. The van der Waals surface area contributed by atoms with Gasteiger partial charge in [0.15, 0.2) is 16.5 Å². The molecule has 0 spiro atoms. The minimum absolute atomic E-state index is 0.00574. The van der Waals surface area contributed by atoms with Crippen molar-refractivity contribution in [3.63, 3.8) is 0 Å². The summed E-state index contributed by atoms with van der Waals surface area (Å²) in [7, 11) is 0. The maximum Gasteiger partial charge on any atom is 0.354 e. The second kappa shape index (κ2) is 7.60. The van der Waals surface area contributed by atoms with E-state index in [1.807, 2.05) is 0 Å². The van der Waals surface area contributed by atoms with Crippen LogP contribution in [0.25, 0.3) is 0 Å². The van der Waals surface area contributed by atoms with Crippen LogP contribution in [0, 0.1) is 0 Å². The quantitative estimate of drug-likeness (QED) is 0.398. The molecule has 0 saturated heterocycles. The molecule has 25 heavy (non-hydrogen) atoms. The molecular weight excluding hydrogens is 348 g/mol. The van der Waals surface area contributed by atoms with Crippen molar-refractivity contribution in [2.75, 3.05) is 30.1 Å². The molecule has 1 aromatic rings. The zero-order valence-electron chi connectivity index (χ0n) is 14.4. The Morgan fingerprint density at radius 2 is 1.96 bits per heavy atom. The molecule has 10 heteroatoms. The zero-order valence-corrected chi connectivity index (χ0v) is 15.2. The molecule has 0 aromatic carbocycles. The summed E-state index contributed by atoms with van der Waals surface area (Å²) in [5, 5.41) is 5.98. The Morgan fingerprint density at radius 3 is 2.56 bits per heavy atom. The molecule has 1 atom stereocenters. The number of hydrogen-bond acceptors (Lipinski definition) is 9. The van der Waals surface area contributed by atoms with Crippen LogP contribution < -0.4 is 16.2 Å². The highest BCUT2D eigenvalue weighted by molar-refractivity contribution is 7.98. The lowest BCUT2D eigenvalue weighted by atomic mass is 10.0. The maximum atomic E-state index is 12.4. The Hall–Kier alpha value is -2.49. The number of carbonyl (C=O) groups excluding carboxylic acids is 2. The molecule has 1 unspecified atom stereocenters. The summed E-state index contributed by atoms with van der Waals surface area (Å²) in [6, 6.07) is 0. The number of nitrogens with one attached hydrogen (secondary N) is 3. The normalized spacial score (nSPS) is 18.8. The molecule has 3 N–H and O–H groups in total. The van der Waals surface area contributed by atoms with Gasteiger partial charge in [-0.15, -0.1) is 0 Å². The van der Waals surface area contributed by atoms with Crippen molar-refractivity contribution in [2.24, 2.45) is 0 Å². The minimum atomic E-state index is -1.45. The van der Waals surface area contributed by atoms with Crippen molar-refractivity contribution in [2.45, 2.75) is 31.5 Å². The highest BCUT2D eigenvalue weighted by Crippen LogP contribution is 2.28. The average Bonchev–Trinajstić information content (AvgIpc) is 2.73. The number of anilines is 2. The van der Waals surface area contributed by atoms with E-state index in [0.717, 1.165) is 0 Å². The number of carbonyl (C=O) groups is 2. The van der Waals surface area contributed by atoms with Crippen LogP contribution >= 0.6 is 11.8 Å². The number of aromatic nitrogens is 2. The summed E-state index contributed by atoms with van der Waals surface area (Å²) in [4.78, 5) is 43.8. The summed E-state index contributed by atoms with van der Waals surface area (Å²) < 4.78 is 10.1. The van der Waals surface area contributed by atoms with E-state index >= 15 is 0 Å². The monoisotopic (exact) mass is 368 g/mol. The van der Waals surface area contributed by atoms with E-state index in [1.54, 1.807) is 20.1 Å². The lowest BCUT2D eigenvalue weighted by Gasteiger charge is -2.24. The van der Waals surface area contributed by atoms with Gasteiger partial charge in [0.1, 0.15) is 11.4 Å². The molecule has 9 nitrogen and oxygen atoms in total. The average molecular weight is 368 g/mol.